The fourth-order valence-corrected chi connectivity index (χ4v) is 2.69. The van der Waals surface area contributed by atoms with E-state index in [0.717, 1.165) is 26.9 Å². The third kappa shape index (κ3) is 3.13. The molecule has 0 aliphatic heterocycles. The van der Waals surface area contributed by atoms with Crippen molar-refractivity contribution in [3.63, 3.8) is 0 Å². The quantitative estimate of drug-likeness (QED) is 0.680. The summed E-state index contributed by atoms with van der Waals surface area (Å²) in [6.07, 6.45) is 0. The number of hydrogen-bond acceptors (Lipinski definition) is 1. The molecule has 0 radical (unpaired) electrons. The third-order valence-electron chi connectivity index (χ3n) is 3.22. The van der Waals surface area contributed by atoms with Crippen molar-refractivity contribution < 1.29 is 4.74 Å². The van der Waals surface area contributed by atoms with Crippen LogP contribution in [0.5, 0.6) is 5.75 Å². The van der Waals surface area contributed by atoms with E-state index in [1.807, 2.05) is 24.3 Å². The molecule has 2 aromatic rings. The summed E-state index contributed by atoms with van der Waals surface area (Å²) < 4.78 is 6.32. The molecule has 2 aromatic carbocycles. The summed E-state index contributed by atoms with van der Waals surface area (Å²) >= 11 is 10.1. The smallest absolute Gasteiger partial charge is 0.119 e. The predicted octanol–water partition coefficient (Wildman–Crippen LogP) is 5.40. The van der Waals surface area contributed by atoms with E-state index >= 15 is 0 Å². The minimum Gasteiger partial charge on any atom is -0.497 e. The predicted molar refractivity (Wildman–Crippen MR) is 84.3 cm³/mol. The largest absolute Gasteiger partial charge is 0.497 e. The molecule has 0 fully saturated rings. The summed E-state index contributed by atoms with van der Waals surface area (Å²) in [5.41, 5.74) is 4.55. The lowest BCUT2D eigenvalue weighted by Crippen LogP contribution is -1.97. The van der Waals surface area contributed by atoms with Crippen molar-refractivity contribution in [2.75, 3.05) is 7.11 Å². The molecule has 0 aromatic heterocycles. The standard InChI is InChI=1S/C16H16BrClO/c1-10-9-13(19-3)5-6-14(10)16(18)12-4-7-15(17)11(2)8-12/h4-9,16H,1-3H3. The first kappa shape index (κ1) is 14.4. The average molecular weight is 340 g/mol. The van der Waals surface area contributed by atoms with E-state index in [1.54, 1.807) is 7.11 Å². The van der Waals surface area contributed by atoms with E-state index in [4.69, 9.17) is 16.3 Å². The summed E-state index contributed by atoms with van der Waals surface area (Å²) in [5, 5.41) is -0.141. The van der Waals surface area contributed by atoms with E-state index in [-0.39, 0.29) is 5.38 Å². The minimum absolute atomic E-state index is 0.141. The molecular weight excluding hydrogens is 324 g/mol. The van der Waals surface area contributed by atoms with Gasteiger partial charge in [0.05, 0.1) is 12.5 Å². The Morgan fingerprint density at radius 3 is 2.37 bits per heavy atom. The molecular formula is C16H16BrClO. The van der Waals surface area contributed by atoms with Crippen LogP contribution < -0.4 is 4.74 Å². The molecule has 3 heteroatoms. The van der Waals surface area contributed by atoms with Crippen molar-refractivity contribution in [2.45, 2.75) is 19.2 Å². The van der Waals surface area contributed by atoms with Crippen LogP contribution in [-0.4, -0.2) is 7.11 Å². The van der Waals surface area contributed by atoms with Gasteiger partial charge in [0.2, 0.25) is 0 Å². The van der Waals surface area contributed by atoms with Gasteiger partial charge in [0, 0.05) is 4.47 Å². The van der Waals surface area contributed by atoms with Crippen LogP contribution in [0.3, 0.4) is 0 Å². The highest BCUT2D eigenvalue weighted by Crippen LogP contribution is 2.34. The molecule has 0 spiro atoms. The monoisotopic (exact) mass is 338 g/mol. The first-order valence-electron chi connectivity index (χ1n) is 6.07. The van der Waals surface area contributed by atoms with Gasteiger partial charge in [0.15, 0.2) is 0 Å². The van der Waals surface area contributed by atoms with Crippen molar-refractivity contribution in [3.05, 3.63) is 63.1 Å². The van der Waals surface area contributed by atoms with Crippen LogP contribution >= 0.6 is 27.5 Å². The molecule has 0 saturated heterocycles. The summed E-state index contributed by atoms with van der Waals surface area (Å²) in [4.78, 5) is 0. The second-order valence-electron chi connectivity index (χ2n) is 4.59. The number of methoxy groups -OCH3 is 1. The van der Waals surface area contributed by atoms with Gasteiger partial charge >= 0.3 is 0 Å². The van der Waals surface area contributed by atoms with Gasteiger partial charge < -0.3 is 4.74 Å². The molecule has 100 valence electrons. The van der Waals surface area contributed by atoms with Gasteiger partial charge in [0.1, 0.15) is 5.75 Å². The number of alkyl halides is 1. The van der Waals surface area contributed by atoms with Gasteiger partial charge in [-0.15, -0.1) is 11.6 Å². The Morgan fingerprint density at radius 2 is 1.79 bits per heavy atom. The number of hydrogen-bond donors (Lipinski definition) is 0. The molecule has 2 rings (SSSR count). The van der Waals surface area contributed by atoms with Gasteiger partial charge in [-0.1, -0.05) is 34.1 Å². The second kappa shape index (κ2) is 5.98. The maximum atomic E-state index is 6.60. The zero-order chi connectivity index (χ0) is 14.0. The Hall–Kier alpha value is -0.990. The van der Waals surface area contributed by atoms with E-state index in [9.17, 15) is 0 Å². The molecule has 0 amide bonds. The fraction of sp³-hybridized carbons (Fsp3) is 0.250. The highest BCUT2D eigenvalue weighted by atomic mass is 79.9. The van der Waals surface area contributed by atoms with Crippen LogP contribution in [0.2, 0.25) is 0 Å². The van der Waals surface area contributed by atoms with Crippen LogP contribution in [0.15, 0.2) is 40.9 Å². The van der Waals surface area contributed by atoms with Gasteiger partial charge in [-0.05, 0) is 54.3 Å². The summed E-state index contributed by atoms with van der Waals surface area (Å²) in [7, 11) is 1.67. The van der Waals surface area contributed by atoms with Gasteiger partial charge in [-0.2, -0.15) is 0 Å². The fourth-order valence-electron chi connectivity index (χ4n) is 2.06. The van der Waals surface area contributed by atoms with E-state index in [2.05, 4.69) is 41.9 Å². The molecule has 0 aliphatic carbocycles. The lowest BCUT2D eigenvalue weighted by Gasteiger charge is -2.15. The highest BCUT2D eigenvalue weighted by molar-refractivity contribution is 9.10. The van der Waals surface area contributed by atoms with Crippen LogP contribution in [0, 0.1) is 13.8 Å². The molecule has 1 nitrogen and oxygen atoms in total. The Balaban J connectivity index is 2.38. The molecule has 0 saturated carbocycles. The average Bonchev–Trinajstić information content (AvgIpc) is 2.41. The number of rotatable bonds is 3. The first-order valence-corrected chi connectivity index (χ1v) is 7.30. The lowest BCUT2D eigenvalue weighted by atomic mass is 9.99. The first-order chi connectivity index (χ1) is 9.02. The summed E-state index contributed by atoms with van der Waals surface area (Å²) in [6, 6.07) is 12.2. The van der Waals surface area contributed by atoms with Crippen molar-refractivity contribution in [3.8, 4) is 5.75 Å². The van der Waals surface area contributed by atoms with E-state index in [1.165, 1.54) is 5.56 Å². The van der Waals surface area contributed by atoms with Crippen molar-refractivity contribution >= 4 is 27.5 Å². The van der Waals surface area contributed by atoms with Crippen molar-refractivity contribution in [1.82, 2.24) is 0 Å². The molecule has 0 bridgehead atoms. The maximum absolute atomic E-state index is 6.60. The zero-order valence-corrected chi connectivity index (χ0v) is 13.5. The number of benzene rings is 2. The lowest BCUT2D eigenvalue weighted by molar-refractivity contribution is 0.414. The molecule has 1 atom stereocenters. The summed E-state index contributed by atoms with van der Waals surface area (Å²) in [5.74, 6) is 0.858. The van der Waals surface area contributed by atoms with Crippen LogP contribution in [-0.2, 0) is 0 Å². The molecule has 1 unspecified atom stereocenters. The van der Waals surface area contributed by atoms with Crippen molar-refractivity contribution in [2.24, 2.45) is 0 Å². The normalized spacial score (nSPS) is 12.3. The number of aryl methyl sites for hydroxylation is 2. The Morgan fingerprint density at radius 1 is 1.05 bits per heavy atom. The molecule has 0 aliphatic rings. The molecule has 0 N–H and O–H groups in total. The van der Waals surface area contributed by atoms with Crippen molar-refractivity contribution in [1.29, 1.82) is 0 Å². The van der Waals surface area contributed by atoms with Crippen LogP contribution in [0.4, 0.5) is 0 Å². The zero-order valence-electron chi connectivity index (χ0n) is 11.2. The number of ether oxygens (including phenoxy) is 1. The van der Waals surface area contributed by atoms with Gasteiger partial charge in [0.25, 0.3) is 0 Å². The minimum atomic E-state index is -0.141. The van der Waals surface area contributed by atoms with Gasteiger partial charge in [-0.3, -0.25) is 0 Å². The summed E-state index contributed by atoms with van der Waals surface area (Å²) in [6.45, 7) is 4.12. The van der Waals surface area contributed by atoms with E-state index < -0.39 is 0 Å². The van der Waals surface area contributed by atoms with Crippen LogP contribution in [0.1, 0.15) is 27.6 Å². The van der Waals surface area contributed by atoms with E-state index in [0.29, 0.717) is 0 Å². The van der Waals surface area contributed by atoms with Crippen LogP contribution in [0.25, 0.3) is 0 Å². The topological polar surface area (TPSA) is 9.23 Å². The second-order valence-corrected chi connectivity index (χ2v) is 5.88. The number of halogens is 2. The Bertz CT molecular complexity index is 595. The SMILES string of the molecule is COc1ccc(C(Cl)c2ccc(Br)c(C)c2)c(C)c1. The molecule has 0 heterocycles. The van der Waals surface area contributed by atoms with Gasteiger partial charge in [-0.25, -0.2) is 0 Å². The maximum Gasteiger partial charge on any atom is 0.119 e. The third-order valence-corrected chi connectivity index (χ3v) is 4.60. The molecule has 19 heavy (non-hydrogen) atoms. The Labute approximate surface area is 127 Å². The highest BCUT2D eigenvalue weighted by Gasteiger charge is 2.14. The Kier molecular flexibility index (Phi) is 4.54.